The Hall–Kier alpha value is -3.94. The number of nitrogens with one attached hydrogen (secondary N) is 1. The van der Waals surface area contributed by atoms with Crippen LogP contribution in [-0.2, 0) is 18.4 Å². The zero-order valence-electron chi connectivity index (χ0n) is 18.3. The van der Waals surface area contributed by atoms with Crippen molar-refractivity contribution in [2.24, 2.45) is 7.05 Å². The van der Waals surface area contributed by atoms with Crippen LogP contribution in [0.5, 0.6) is 0 Å². The molecular formula is C24H23FN4O3. The first kappa shape index (κ1) is 21.3. The molecule has 7 nitrogen and oxygen atoms in total. The second-order valence-corrected chi connectivity index (χ2v) is 7.99. The SMILES string of the molecule is Cc1cc(C)cc(NC(=O)Cn2c(=O)n(-c3ccc(F)cc3)c(=O)c3c2cc(C)n3C)c1. The summed E-state index contributed by atoms with van der Waals surface area (Å²) in [5.74, 6) is -0.880. The van der Waals surface area contributed by atoms with Gasteiger partial charge in [0.25, 0.3) is 5.56 Å². The van der Waals surface area contributed by atoms with Gasteiger partial charge in [0.05, 0.1) is 11.2 Å². The lowest BCUT2D eigenvalue weighted by Gasteiger charge is -2.13. The van der Waals surface area contributed by atoms with Crippen molar-refractivity contribution >= 4 is 22.6 Å². The van der Waals surface area contributed by atoms with Crippen LogP contribution in [0.15, 0.2) is 58.1 Å². The average molecular weight is 434 g/mol. The number of anilines is 1. The lowest BCUT2D eigenvalue weighted by molar-refractivity contribution is -0.116. The number of hydrogen-bond donors (Lipinski definition) is 1. The summed E-state index contributed by atoms with van der Waals surface area (Å²) < 4.78 is 17.3. The van der Waals surface area contributed by atoms with E-state index in [9.17, 15) is 18.8 Å². The molecule has 2 heterocycles. The van der Waals surface area contributed by atoms with Crippen LogP contribution < -0.4 is 16.6 Å². The number of nitrogens with zero attached hydrogens (tertiary/aromatic N) is 3. The molecule has 0 aliphatic carbocycles. The summed E-state index contributed by atoms with van der Waals surface area (Å²) in [6.45, 7) is 5.39. The minimum atomic E-state index is -0.671. The number of carbonyl (C=O) groups is 1. The average Bonchev–Trinajstić information content (AvgIpc) is 3.00. The van der Waals surface area contributed by atoms with Crippen LogP contribution in [0, 0.1) is 26.6 Å². The van der Waals surface area contributed by atoms with Crippen LogP contribution in [0.3, 0.4) is 0 Å². The zero-order valence-corrected chi connectivity index (χ0v) is 18.3. The lowest BCUT2D eigenvalue weighted by atomic mass is 10.1. The molecule has 0 bridgehead atoms. The first-order valence-electron chi connectivity index (χ1n) is 10.1. The fourth-order valence-electron chi connectivity index (χ4n) is 3.95. The minimum absolute atomic E-state index is 0.227. The Morgan fingerprint density at radius 3 is 2.22 bits per heavy atom. The van der Waals surface area contributed by atoms with Gasteiger partial charge in [-0.2, -0.15) is 0 Å². The molecule has 0 aliphatic heterocycles. The summed E-state index contributed by atoms with van der Waals surface area (Å²) in [4.78, 5) is 39.4. The first-order chi connectivity index (χ1) is 15.2. The molecule has 0 spiro atoms. The Bertz CT molecular complexity index is 1460. The molecule has 8 heteroatoms. The molecule has 1 amide bonds. The van der Waals surface area contributed by atoms with Gasteiger partial charge in [-0.1, -0.05) is 6.07 Å². The van der Waals surface area contributed by atoms with Gasteiger partial charge >= 0.3 is 5.69 Å². The van der Waals surface area contributed by atoms with Gasteiger partial charge < -0.3 is 9.88 Å². The number of carbonyl (C=O) groups excluding carboxylic acids is 1. The standard InChI is InChI=1S/C24H23FN4O3/c1-14-9-15(2)11-18(10-14)26-21(30)13-28-20-12-16(3)27(4)22(20)23(31)29(24(28)32)19-7-5-17(25)6-8-19/h5-12H,13H2,1-4H3,(H,26,30). The van der Waals surface area contributed by atoms with E-state index in [0.29, 0.717) is 11.2 Å². The molecule has 0 atom stereocenters. The van der Waals surface area contributed by atoms with E-state index in [1.165, 1.54) is 28.8 Å². The number of rotatable bonds is 4. The maximum atomic E-state index is 13.4. The van der Waals surface area contributed by atoms with Crippen molar-refractivity contribution in [3.8, 4) is 5.69 Å². The number of benzene rings is 2. The van der Waals surface area contributed by atoms with Gasteiger partial charge in [-0.15, -0.1) is 0 Å². The second-order valence-electron chi connectivity index (χ2n) is 7.99. The summed E-state index contributed by atoms with van der Waals surface area (Å²) in [5.41, 5.74) is 3.08. The van der Waals surface area contributed by atoms with Crippen LogP contribution in [0.4, 0.5) is 10.1 Å². The third-order valence-corrected chi connectivity index (χ3v) is 5.46. The predicted octanol–water partition coefficient (Wildman–Crippen LogP) is 3.19. The molecule has 2 aromatic heterocycles. The smallest absolute Gasteiger partial charge is 0.336 e. The maximum absolute atomic E-state index is 13.4. The van der Waals surface area contributed by atoms with E-state index in [1.54, 1.807) is 17.7 Å². The van der Waals surface area contributed by atoms with Crippen molar-refractivity contribution < 1.29 is 9.18 Å². The third kappa shape index (κ3) is 3.75. The minimum Gasteiger partial charge on any atom is -0.342 e. The number of hydrogen-bond acceptors (Lipinski definition) is 3. The quantitative estimate of drug-likeness (QED) is 0.536. The van der Waals surface area contributed by atoms with Crippen LogP contribution in [0.1, 0.15) is 16.8 Å². The Morgan fingerprint density at radius 2 is 1.59 bits per heavy atom. The Kier molecular flexibility index (Phi) is 5.30. The van der Waals surface area contributed by atoms with Crippen molar-refractivity contribution in [3.05, 3.63) is 92.0 Å². The van der Waals surface area contributed by atoms with Crippen LogP contribution in [0.25, 0.3) is 16.7 Å². The summed E-state index contributed by atoms with van der Waals surface area (Å²) in [5, 5.41) is 2.82. The fraction of sp³-hybridized carbons (Fsp3) is 0.208. The van der Waals surface area contributed by atoms with Crippen LogP contribution in [-0.4, -0.2) is 19.6 Å². The Morgan fingerprint density at radius 1 is 0.969 bits per heavy atom. The Balaban J connectivity index is 1.85. The van der Waals surface area contributed by atoms with Crippen molar-refractivity contribution in [1.82, 2.24) is 13.7 Å². The molecule has 0 aliphatic rings. The molecule has 2 aromatic carbocycles. The number of amides is 1. The van der Waals surface area contributed by atoms with Crippen molar-refractivity contribution in [2.75, 3.05) is 5.32 Å². The van der Waals surface area contributed by atoms with Crippen molar-refractivity contribution in [2.45, 2.75) is 27.3 Å². The highest BCUT2D eigenvalue weighted by Crippen LogP contribution is 2.17. The third-order valence-electron chi connectivity index (χ3n) is 5.46. The number of halogens is 1. The highest BCUT2D eigenvalue weighted by Gasteiger charge is 2.20. The molecule has 0 radical (unpaired) electrons. The zero-order chi connectivity index (χ0) is 23.2. The summed E-state index contributed by atoms with van der Waals surface area (Å²) in [7, 11) is 1.72. The highest BCUT2D eigenvalue weighted by molar-refractivity contribution is 5.91. The summed E-state index contributed by atoms with van der Waals surface area (Å²) >= 11 is 0. The number of aryl methyl sites for hydroxylation is 4. The van der Waals surface area contributed by atoms with Gasteiger partial charge in [-0.25, -0.2) is 13.8 Å². The monoisotopic (exact) mass is 434 g/mol. The molecule has 164 valence electrons. The van der Waals surface area contributed by atoms with Crippen molar-refractivity contribution in [1.29, 1.82) is 0 Å². The second kappa shape index (κ2) is 7.96. The normalized spacial score (nSPS) is 11.2. The van der Waals surface area contributed by atoms with Gasteiger partial charge in [0.1, 0.15) is 17.9 Å². The molecule has 4 rings (SSSR count). The molecule has 0 unspecified atom stereocenters. The molecule has 32 heavy (non-hydrogen) atoms. The summed E-state index contributed by atoms with van der Waals surface area (Å²) in [6, 6.07) is 12.5. The molecule has 0 saturated carbocycles. The van der Waals surface area contributed by atoms with Gasteiger partial charge in [-0.3, -0.25) is 14.2 Å². The number of aromatic nitrogens is 3. The summed E-state index contributed by atoms with van der Waals surface area (Å²) in [6.07, 6.45) is 0. The van der Waals surface area contributed by atoms with E-state index in [1.807, 2.05) is 39.0 Å². The van der Waals surface area contributed by atoms with E-state index in [0.717, 1.165) is 21.4 Å². The largest absolute Gasteiger partial charge is 0.342 e. The maximum Gasteiger partial charge on any atom is 0.336 e. The first-order valence-corrected chi connectivity index (χ1v) is 10.1. The van der Waals surface area contributed by atoms with E-state index >= 15 is 0 Å². The Labute approximate surface area is 183 Å². The molecule has 4 aromatic rings. The van der Waals surface area contributed by atoms with Crippen LogP contribution in [0.2, 0.25) is 0 Å². The van der Waals surface area contributed by atoms with E-state index < -0.39 is 23.0 Å². The molecule has 0 fully saturated rings. The number of fused-ring (bicyclic) bond motifs is 1. The molecule has 1 N–H and O–H groups in total. The lowest BCUT2D eigenvalue weighted by Crippen LogP contribution is -2.41. The molecule has 0 saturated heterocycles. The van der Waals surface area contributed by atoms with Crippen molar-refractivity contribution in [3.63, 3.8) is 0 Å². The highest BCUT2D eigenvalue weighted by atomic mass is 19.1. The van der Waals surface area contributed by atoms with E-state index in [4.69, 9.17) is 0 Å². The fourth-order valence-corrected chi connectivity index (χ4v) is 3.95. The van der Waals surface area contributed by atoms with Gasteiger partial charge in [0, 0.05) is 18.4 Å². The van der Waals surface area contributed by atoms with E-state index in [-0.39, 0.29) is 17.7 Å². The van der Waals surface area contributed by atoms with Crippen LogP contribution >= 0.6 is 0 Å². The van der Waals surface area contributed by atoms with Gasteiger partial charge in [0.15, 0.2) is 0 Å². The van der Waals surface area contributed by atoms with Gasteiger partial charge in [0.2, 0.25) is 5.91 Å². The van der Waals surface area contributed by atoms with Gasteiger partial charge in [-0.05, 0) is 74.4 Å². The molecular weight excluding hydrogens is 411 g/mol. The van der Waals surface area contributed by atoms with E-state index in [2.05, 4.69) is 5.32 Å². The predicted molar refractivity (Wildman–Crippen MR) is 122 cm³/mol. The topological polar surface area (TPSA) is 78.0 Å².